The molecule has 0 saturated heterocycles. The lowest BCUT2D eigenvalue weighted by molar-refractivity contribution is 0.606. The smallest absolute Gasteiger partial charge is 0.00425 e. The van der Waals surface area contributed by atoms with E-state index in [1.54, 1.807) is 0 Å². The van der Waals surface area contributed by atoms with Gasteiger partial charge in [-0.05, 0) is 32.7 Å². The molecule has 14 heavy (non-hydrogen) atoms. The molecule has 0 saturated carbocycles. The molecule has 0 fully saturated rings. The summed E-state index contributed by atoms with van der Waals surface area (Å²) in [5.74, 6) is 0. The van der Waals surface area contributed by atoms with E-state index in [2.05, 4.69) is 19.9 Å². The van der Waals surface area contributed by atoms with Crippen molar-refractivity contribution in [1.82, 2.24) is 0 Å². The van der Waals surface area contributed by atoms with Crippen LogP contribution in [-0.4, -0.2) is 6.54 Å². The first-order valence-electron chi connectivity index (χ1n) is 6.17. The van der Waals surface area contributed by atoms with E-state index in [0.717, 1.165) is 13.0 Å². The van der Waals surface area contributed by atoms with Gasteiger partial charge in [-0.2, -0.15) is 0 Å². The van der Waals surface area contributed by atoms with Gasteiger partial charge in [0.2, 0.25) is 0 Å². The lowest BCUT2D eigenvalue weighted by atomic mass is 10.1. The van der Waals surface area contributed by atoms with E-state index in [4.69, 9.17) is 5.73 Å². The van der Waals surface area contributed by atoms with E-state index >= 15 is 0 Å². The molecule has 0 spiro atoms. The molecular weight excluding hydrogens is 170 g/mol. The minimum Gasteiger partial charge on any atom is -0.330 e. The third-order valence-corrected chi connectivity index (χ3v) is 2.58. The Labute approximate surface area is 89.8 Å². The number of nitrogens with two attached hydrogens (primary N) is 1. The summed E-state index contributed by atoms with van der Waals surface area (Å²) in [4.78, 5) is 0. The second kappa shape index (κ2) is 10.8. The van der Waals surface area contributed by atoms with Gasteiger partial charge in [-0.15, -0.1) is 0 Å². The van der Waals surface area contributed by atoms with Gasteiger partial charge < -0.3 is 5.73 Å². The molecule has 0 radical (unpaired) electrons. The molecule has 0 aromatic heterocycles. The normalized spacial score (nSPS) is 12.1. The molecule has 1 heteroatoms. The highest BCUT2D eigenvalue weighted by molar-refractivity contribution is 4.97. The molecule has 0 aliphatic carbocycles. The highest BCUT2D eigenvalue weighted by Gasteiger charge is 1.92. The van der Waals surface area contributed by atoms with Crippen LogP contribution in [-0.2, 0) is 0 Å². The number of hydrogen-bond donors (Lipinski definition) is 1. The van der Waals surface area contributed by atoms with Gasteiger partial charge in [0.25, 0.3) is 0 Å². The summed E-state index contributed by atoms with van der Waals surface area (Å²) in [6.07, 6.45) is 12.9. The monoisotopic (exact) mass is 197 g/mol. The Morgan fingerprint density at radius 3 is 2.36 bits per heavy atom. The molecule has 2 N–H and O–H groups in total. The van der Waals surface area contributed by atoms with Crippen LogP contribution in [0.15, 0.2) is 11.6 Å². The summed E-state index contributed by atoms with van der Waals surface area (Å²) < 4.78 is 0. The van der Waals surface area contributed by atoms with Crippen LogP contribution >= 0.6 is 0 Å². The van der Waals surface area contributed by atoms with Crippen molar-refractivity contribution in [3.63, 3.8) is 0 Å². The predicted octanol–water partition coefficient (Wildman–Crippen LogP) is 4.03. The maximum atomic E-state index is 5.44. The van der Waals surface area contributed by atoms with Crippen molar-refractivity contribution in [3.8, 4) is 0 Å². The first kappa shape index (κ1) is 13.7. The number of unbranched alkanes of at least 4 members (excludes halogenated alkanes) is 5. The zero-order valence-electron chi connectivity index (χ0n) is 10.0. The largest absolute Gasteiger partial charge is 0.330 e. The molecule has 1 nitrogen and oxygen atoms in total. The van der Waals surface area contributed by atoms with E-state index < -0.39 is 0 Å². The fraction of sp³-hybridized carbons (Fsp3) is 0.846. The Morgan fingerprint density at radius 1 is 1.07 bits per heavy atom. The van der Waals surface area contributed by atoms with Crippen LogP contribution in [0.1, 0.15) is 65.2 Å². The topological polar surface area (TPSA) is 26.0 Å². The van der Waals surface area contributed by atoms with E-state index in [1.807, 2.05) is 0 Å². The van der Waals surface area contributed by atoms with Crippen LogP contribution in [0.4, 0.5) is 0 Å². The van der Waals surface area contributed by atoms with Crippen molar-refractivity contribution >= 4 is 0 Å². The molecule has 0 rings (SSSR count). The van der Waals surface area contributed by atoms with Crippen LogP contribution in [0, 0.1) is 0 Å². The minimum atomic E-state index is 0.786. The van der Waals surface area contributed by atoms with Crippen LogP contribution in [0.3, 0.4) is 0 Å². The van der Waals surface area contributed by atoms with Gasteiger partial charge in [0.1, 0.15) is 0 Å². The zero-order valence-corrected chi connectivity index (χ0v) is 10.0. The SMILES string of the molecule is CCCCCCCCC(C)=CCCN. The molecular formula is C13H27N. The maximum absolute atomic E-state index is 5.44. The standard InChI is InChI=1S/C13H27N/c1-3-4-5-6-7-8-10-13(2)11-9-12-14/h11H,3-10,12,14H2,1-2H3. The number of allylic oxidation sites excluding steroid dienone is 1. The lowest BCUT2D eigenvalue weighted by Crippen LogP contribution is -1.96. The molecule has 0 unspecified atom stereocenters. The minimum absolute atomic E-state index is 0.786. The van der Waals surface area contributed by atoms with Crippen LogP contribution in [0.25, 0.3) is 0 Å². The van der Waals surface area contributed by atoms with Crippen molar-refractivity contribution < 1.29 is 0 Å². The van der Waals surface area contributed by atoms with Crippen LogP contribution in [0.2, 0.25) is 0 Å². The van der Waals surface area contributed by atoms with Crippen LogP contribution < -0.4 is 5.73 Å². The molecule has 0 aliphatic rings. The van der Waals surface area contributed by atoms with Crippen molar-refractivity contribution in [1.29, 1.82) is 0 Å². The van der Waals surface area contributed by atoms with E-state index in [1.165, 1.54) is 50.5 Å². The van der Waals surface area contributed by atoms with E-state index in [0.29, 0.717) is 0 Å². The third-order valence-electron chi connectivity index (χ3n) is 2.58. The molecule has 0 amide bonds. The molecule has 0 bridgehead atoms. The lowest BCUT2D eigenvalue weighted by Gasteiger charge is -2.01. The van der Waals surface area contributed by atoms with Gasteiger partial charge in [0.05, 0.1) is 0 Å². The summed E-state index contributed by atoms with van der Waals surface area (Å²) in [5.41, 5.74) is 6.96. The van der Waals surface area contributed by atoms with Crippen molar-refractivity contribution in [3.05, 3.63) is 11.6 Å². The molecule has 0 aromatic carbocycles. The molecule has 0 heterocycles. The van der Waals surface area contributed by atoms with Crippen LogP contribution in [0.5, 0.6) is 0 Å². The third kappa shape index (κ3) is 9.79. The summed E-state index contributed by atoms with van der Waals surface area (Å²) in [6, 6.07) is 0. The second-order valence-electron chi connectivity index (χ2n) is 4.15. The van der Waals surface area contributed by atoms with Gasteiger partial charge in [-0.3, -0.25) is 0 Å². The van der Waals surface area contributed by atoms with Crippen molar-refractivity contribution in [2.75, 3.05) is 6.54 Å². The number of rotatable bonds is 9. The van der Waals surface area contributed by atoms with Gasteiger partial charge in [-0.1, -0.05) is 50.7 Å². The van der Waals surface area contributed by atoms with Gasteiger partial charge in [0.15, 0.2) is 0 Å². The Balaban J connectivity index is 3.18. The Kier molecular flexibility index (Phi) is 10.5. The average Bonchev–Trinajstić information content (AvgIpc) is 2.20. The summed E-state index contributed by atoms with van der Waals surface area (Å²) in [6.45, 7) is 5.27. The molecule has 0 aliphatic heterocycles. The van der Waals surface area contributed by atoms with E-state index in [9.17, 15) is 0 Å². The Bertz CT molecular complexity index is 138. The molecule has 0 atom stereocenters. The van der Waals surface area contributed by atoms with Gasteiger partial charge in [-0.25, -0.2) is 0 Å². The highest BCUT2D eigenvalue weighted by Crippen LogP contribution is 2.11. The second-order valence-corrected chi connectivity index (χ2v) is 4.15. The summed E-state index contributed by atoms with van der Waals surface area (Å²) >= 11 is 0. The van der Waals surface area contributed by atoms with Gasteiger partial charge in [0, 0.05) is 0 Å². The fourth-order valence-corrected chi connectivity index (χ4v) is 1.62. The zero-order chi connectivity index (χ0) is 10.6. The Morgan fingerprint density at radius 2 is 1.71 bits per heavy atom. The van der Waals surface area contributed by atoms with Crippen molar-refractivity contribution in [2.45, 2.75) is 65.2 Å². The quantitative estimate of drug-likeness (QED) is 0.438. The predicted molar refractivity (Wildman–Crippen MR) is 65.4 cm³/mol. The summed E-state index contributed by atoms with van der Waals surface area (Å²) in [7, 11) is 0. The highest BCUT2D eigenvalue weighted by atomic mass is 14.5. The fourth-order valence-electron chi connectivity index (χ4n) is 1.62. The summed E-state index contributed by atoms with van der Waals surface area (Å²) in [5, 5.41) is 0. The Hall–Kier alpha value is -0.300. The molecule has 84 valence electrons. The average molecular weight is 197 g/mol. The van der Waals surface area contributed by atoms with Crippen molar-refractivity contribution in [2.24, 2.45) is 5.73 Å². The maximum Gasteiger partial charge on any atom is -0.00425 e. The number of hydrogen-bond acceptors (Lipinski definition) is 1. The van der Waals surface area contributed by atoms with E-state index in [-0.39, 0.29) is 0 Å². The van der Waals surface area contributed by atoms with Gasteiger partial charge >= 0.3 is 0 Å². The first-order valence-corrected chi connectivity index (χ1v) is 6.17. The first-order chi connectivity index (χ1) is 6.81. The molecule has 0 aromatic rings.